The highest BCUT2D eigenvalue weighted by atomic mass is 16.4. The second kappa shape index (κ2) is 6.07. The van der Waals surface area contributed by atoms with Crippen LogP contribution in [0.25, 0.3) is 0 Å². The van der Waals surface area contributed by atoms with Gasteiger partial charge in [0.15, 0.2) is 0 Å². The van der Waals surface area contributed by atoms with E-state index in [1.54, 1.807) is 0 Å². The molecular formula is C16H23N3O. The van der Waals surface area contributed by atoms with Crippen LogP contribution in [-0.2, 0) is 18.4 Å². The second-order valence-electron chi connectivity index (χ2n) is 5.99. The van der Waals surface area contributed by atoms with E-state index in [0.29, 0.717) is 18.3 Å². The average molecular weight is 273 g/mol. The molecule has 4 heteroatoms. The summed E-state index contributed by atoms with van der Waals surface area (Å²) in [5, 5.41) is 11.5. The Bertz CT molecular complexity index is 555. The van der Waals surface area contributed by atoms with Crippen LogP contribution in [0, 0.1) is 0 Å². The van der Waals surface area contributed by atoms with E-state index in [2.05, 4.69) is 61.4 Å². The summed E-state index contributed by atoms with van der Waals surface area (Å²) in [4.78, 5) is 0. The molecule has 108 valence electrons. The highest BCUT2D eigenvalue weighted by Gasteiger charge is 2.17. The summed E-state index contributed by atoms with van der Waals surface area (Å²) in [6.07, 6.45) is 1.85. The van der Waals surface area contributed by atoms with E-state index in [0.717, 1.165) is 18.5 Å². The largest absolute Gasteiger partial charge is 0.423 e. The maximum atomic E-state index is 5.59. The van der Waals surface area contributed by atoms with Gasteiger partial charge in [-0.2, -0.15) is 0 Å². The van der Waals surface area contributed by atoms with Crippen molar-refractivity contribution in [2.24, 2.45) is 0 Å². The zero-order valence-electron chi connectivity index (χ0n) is 12.7. The van der Waals surface area contributed by atoms with Gasteiger partial charge in [-0.1, -0.05) is 45.9 Å². The minimum absolute atomic E-state index is 0.103. The summed E-state index contributed by atoms with van der Waals surface area (Å²) in [5.41, 5.74) is 2.51. The molecule has 0 fully saturated rings. The van der Waals surface area contributed by atoms with E-state index in [4.69, 9.17) is 4.42 Å². The van der Waals surface area contributed by atoms with Gasteiger partial charge in [-0.05, 0) is 23.5 Å². The molecule has 0 aliphatic rings. The van der Waals surface area contributed by atoms with Crippen LogP contribution in [0.5, 0.6) is 0 Å². The number of nitrogens with zero attached hydrogens (tertiary/aromatic N) is 2. The number of rotatable bonds is 5. The van der Waals surface area contributed by atoms with Crippen LogP contribution in [0.2, 0.25) is 0 Å². The maximum Gasteiger partial charge on any atom is 0.235 e. The van der Waals surface area contributed by atoms with Crippen molar-refractivity contribution in [2.75, 3.05) is 5.32 Å². The Balaban J connectivity index is 2.07. The van der Waals surface area contributed by atoms with Crippen LogP contribution >= 0.6 is 0 Å². The van der Waals surface area contributed by atoms with Gasteiger partial charge in [-0.3, -0.25) is 0 Å². The molecule has 1 aromatic heterocycles. The first kappa shape index (κ1) is 14.6. The lowest BCUT2D eigenvalue weighted by Gasteiger charge is -2.23. The SMILES string of the molecule is CCCc1nnc(CNc2ccccc2C(C)(C)C)o1. The van der Waals surface area contributed by atoms with E-state index in [1.807, 2.05) is 6.07 Å². The predicted octanol–water partition coefficient (Wildman–Crippen LogP) is 3.93. The van der Waals surface area contributed by atoms with Gasteiger partial charge in [-0.25, -0.2) is 0 Å². The number of aryl methyl sites for hydroxylation is 1. The molecule has 0 bridgehead atoms. The Hall–Kier alpha value is -1.84. The second-order valence-corrected chi connectivity index (χ2v) is 5.99. The molecule has 0 spiro atoms. The zero-order chi connectivity index (χ0) is 14.6. The molecule has 1 N–H and O–H groups in total. The zero-order valence-corrected chi connectivity index (χ0v) is 12.7. The van der Waals surface area contributed by atoms with Crippen LogP contribution in [0.4, 0.5) is 5.69 Å². The molecule has 2 aromatic rings. The molecule has 20 heavy (non-hydrogen) atoms. The third-order valence-corrected chi connectivity index (χ3v) is 3.14. The minimum Gasteiger partial charge on any atom is -0.423 e. The molecule has 0 aliphatic carbocycles. The van der Waals surface area contributed by atoms with Gasteiger partial charge in [0.25, 0.3) is 0 Å². The van der Waals surface area contributed by atoms with Crippen LogP contribution < -0.4 is 5.32 Å². The number of aromatic nitrogens is 2. The van der Waals surface area contributed by atoms with Crippen LogP contribution in [0.1, 0.15) is 51.5 Å². The van der Waals surface area contributed by atoms with Crippen LogP contribution in [0.15, 0.2) is 28.7 Å². The maximum absolute atomic E-state index is 5.59. The van der Waals surface area contributed by atoms with E-state index < -0.39 is 0 Å². The van der Waals surface area contributed by atoms with Crippen molar-refractivity contribution in [1.29, 1.82) is 0 Å². The Morgan fingerprint density at radius 1 is 1.10 bits per heavy atom. The minimum atomic E-state index is 0.103. The van der Waals surface area contributed by atoms with Crippen molar-refractivity contribution in [3.8, 4) is 0 Å². The van der Waals surface area contributed by atoms with Crippen molar-refractivity contribution in [3.63, 3.8) is 0 Å². The fourth-order valence-electron chi connectivity index (χ4n) is 2.14. The molecule has 4 nitrogen and oxygen atoms in total. The van der Waals surface area contributed by atoms with Gasteiger partial charge >= 0.3 is 0 Å². The van der Waals surface area contributed by atoms with Crippen molar-refractivity contribution in [2.45, 2.75) is 52.5 Å². The summed E-state index contributed by atoms with van der Waals surface area (Å²) >= 11 is 0. The fraction of sp³-hybridized carbons (Fsp3) is 0.500. The monoisotopic (exact) mass is 273 g/mol. The normalized spacial score (nSPS) is 11.6. The summed E-state index contributed by atoms with van der Waals surface area (Å²) in [7, 11) is 0. The Kier molecular flexibility index (Phi) is 4.42. The third-order valence-electron chi connectivity index (χ3n) is 3.14. The topological polar surface area (TPSA) is 51.0 Å². The van der Waals surface area contributed by atoms with Gasteiger partial charge in [0, 0.05) is 12.1 Å². The van der Waals surface area contributed by atoms with Gasteiger partial charge in [0.05, 0.1) is 6.54 Å². The van der Waals surface area contributed by atoms with Crippen molar-refractivity contribution in [3.05, 3.63) is 41.6 Å². The molecule has 0 unspecified atom stereocenters. The van der Waals surface area contributed by atoms with E-state index in [1.165, 1.54) is 5.56 Å². The summed E-state index contributed by atoms with van der Waals surface area (Å²) in [5.74, 6) is 1.35. The molecule has 0 saturated heterocycles. The Morgan fingerprint density at radius 3 is 2.50 bits per heavy atom. The Morgan fingerprint density at radius 2 is 1.80 bits per heavy atom. The standard InChI is InChI=1S/C16H23N3O/c1-5-8-14-18-19-15(20-14)11-17-13-10-7-6-9-12(13)16(2,3)4/h6-7,9-10,17H,5,8,11H2,1-4H3. The lowest BCUT2D eigenvalue weighted by molar-refractivity contribution is 0.453. The van der Waals surface area contributed by atoms with E-state index in [-0.39, 0.29) is 5.41 Å². The fourth-order valence-corrected chi connectivity index (χ4v) is 2.14. The first-order valence-corrected chi connectivity index (χ1v) is 7.15. The molecule has 0 aliphatic heterocycles. The first-order valence-electron chi connectivity index (χ1n) is 7.15. The summed E-state index contributed by atoms with van der Waals surface area (Å²) in [6.45, 7) is 9.28. The number of hydrogen-bond donors (Lipinski definition) is 1. The van der Waals surface area contributed by atoms with Gasteiger partial charge in [0.1, 0.15) is 0 Å². The van der Waals surface area contributed by atoms with Gasteiger partial charge in [-0.15, -0.1) is 10.2 Å². The van der Waals surface area contributed by atoms with Gasteiger partial charge in [0.2, 0.25) is 11.8 Å². The lowest BCUT2D eigenvalue weighted by atomic mass is 9.86. The van der Waals surface area contributed by atoms with E-state index in [9.17, 15) is 0 Å². The third kappa shape index (κ3) is 3.59. The number of nitrogens with one attached hydrogen (secondary N) is 1. The number of para-hydroxylation sites is 1. The summed E-state index contributed by atoms with van der Waals surface area (Å²) < 4.78 is 5.59. The van der Waals surface area contributed by atoms with Gasteiger partial charge < -0.3 is 9.73 Å². The molecule has 0 radical (unpaired) electrons. The van der Waals surface area contributed by atoms with Crippen molar-refractivity contribution in [1.82, 2.24) is 10.2 Å². The molecular weight excluding hydrogens is 250 g/mol. The Labute approximate surface area is 120 Å². The van der Waals surface area contributed by atoms with Crippen LogP contribution in [0.3, 0.4) is 0 Å². The average Bonchev–Trinajstić information content (AvgIpc) is 2.84. The number of benzene rings is 1. The molecule has 1 heterocycles. The molecule has 2 rings (SSSR count). The van der Waals surface area contributed by atoms with E-state index >= 15 is 0 Å². The van der Waals surface area contributed by atoms with Crippen LogP contribution in [-0.4, -0.2) is 10.2 Å². The molecule has 0 saturated carbocycles. The highest BCUT2D eigenvalue weighted by Crippen LogP contribution is 2.29. The highest BCUT2D eigenvalue weighted by molar-refractivity contribution is 5.54. The number of hydrogen-bond acceptors (Lipinski definition) is 4. The molecule has 0 amide bonds. The first-order chi connectivity index (χ1) is 9.50. The van der Waals surface area contributed by atoms with Crippen molar-refractivity contribution < 1.29 is 4.42 Å². The number of anilines is 1. The summed E-state index contributed by atoms with van der Waals surface area (Å²) in [6, 6.07) is 8.34. The molecule has 0 atom stereocenters. The quantitative estimate of drug-likeness (QED) is 0.896. The lowest BCUT2D eigenvalue weighted by Crippen LogP contribution is -2.14. The predicted molar refractivity (Wildman–Crippen MR) is 80.8 cm³/mol. The smallest absolute Gasteiger partial charge is 0.235 e. The van der Waals surface area contributed by atoms with Crippen molar-refractivity contribution >= 4 is 5.69 Å². The molecule has 1 aromatic carbocycles.